The van der Waals surface area contributed by atoms with Gasteiger partial charge in [-0.25, -0.2) is 14.8 Å². The third kappa shape index (κ3) is 3.35. The molecule has 98 valence electrons. The average Bonchev–Trinajstić information content (AvgIpc) is 2.82. The highest BCUT2D eigenvalue weighted by Crippen LogP contribution is 2.25. The van der Waals surface area contributed by atoms with Crippen molar-refractivity contribution >= 4 is 16.8 Å². The van der Waals surface area contributed by atoms with Crippen LogP contribution in [0.4, 0.5) is 0 Å². The maximum absolute atomic E-state index is 12.0. The Morgan fingerprint density at radius 3 is 2.83 bits per heavy atom. The molecule has 1 aliphatic rings. The van der Waals surface area contributed by atoms with Gasteiger partial charge in [0.1, 0.15) is 11.9 Å². The lowest BCUT2D eigenvalue weighted by Gasteiger charge is -2.09. The van der Waals surface area contributed by atoms with Crippen molar-refractivity contribution in [2.45, 2.75) is 31.4 Å². The minimum atomic E-state index is -1.07. The highest BCUT2D eigenvalue weighted by Gasteiger charge is 2.20. The van der Waals surface area contributed by atoms with E-state index >= 15 is 0 Å². The summed E-state index contributed by atoms with van der Waals surface area (Å²) in [5.41, 5.74) is 0.422. The highest BCUT2D eigenvalue weighted by molar-refractivity contribution is 7.84. The first-order chi connectivity index (χ1) is 8.66. The van der Waals surface area contributed by atoms with Crippen molar-refractivity contribution in [1.29, 1.82) is 0 Å². The van der Waals surface area contributed by atoms with E-state index in [4.69, 9.17) is 5.11 Å². The van der Waals surface area contributed by atoms with E-state index in [1.54, 1.807) is 0 Å². The lowest BCUT2D eigenvalue weighted by atomic mass is 10.1. The van der Waals surface area contributed by atoms with Crippen LogP contribution in [0.1, 0.15) is 41.7 Å². The lowest BCUT2D eigenvalue weighted by Crippen LogP contribution is -2.13. The van der Waals surface area contributed by atoms with E-state index in [0.717, 1.165) is 12.8 Å². The Morgan fingerprint density at radius 2 is 2.17 bits per heavy atom. The Kier molecular flexibility index (Phi) is 4.41. The van der Waals surface area contributed by atoms with Gasteiger partial charge in [0.2, 0.25) is 0 Å². The van der Waals surface area contributed by atoms with Gasteiger partial charge in [-0.15, -0.1) is 0 Å². The molecule has 0 amide bonds. The third-order valence-electron chi connectivity index (χ3n) is 3.22. The molecule has 1 saturated carbocycles. The van der Waals surface area contributed by atoms with Gasteiger partial charge in [0.05, 0.1) is 11.4 Å². The van der Waals surface area contributed by atoms with E-state index in [2.05, 4.69) is 9.97 Å². The predicted octanol–water partition coefficient (Wildman–Crippen LogP) is 1.61. The summed E-state index contributed by atoms with van der Waals surface area (Å²) in [6.07, 6.45) is 7.28. The quantitative estimate of drug-likeness (QED) is 0.877. The average molecular weight is 268 g/mol. The first-order valence-corrected chi connectivity index (χ1v) is 7.52. The highest BCUT2D eigenvalue weighted by atomic mass is 32.2. The molecule has 1 fully saturated rings. The first kappa shape index (κ1) is 13.1. The zero-order chi connectivity index (χ0) is 13.0. The van der Waals surface area contributed by atoms with Crippen LogP contribution in [0.5, 0.6) is 0 Å². The largest absolute Gasteiger partial charge is 0.478 e. The van der Waals surface area contributed by atoms with Crippen molar-refractivity contribution in [3.63, 3.8) is 0 Å². The zero-order valence-corrected chi connectivity index (χ0v) is 10.9. The summed E-state index contributed by atoms with van der Waals surface area (Å²) in [4.78, 5) is 18.6. The molecule has 1 atom stereocenters. The molecule has 18 heavy (non-hydrogen) atoms. The molecule has 1 unspecified atom stereocenters. The van der Waals surface area contributed by atoms with Crippen LogP contribution in [0.2, 0.25) is 0 Å². The molecule has 1 heterocycles. The van der Waals surface area contributed by atoms with Crippen molar-refractivity contribution in [2.75, 3.05) is 5.75 Å². The minimum Gasteiger partial charge on any atom is -0.478 e. The number of hydrogen-bond acceptors (Lipinski definition) is 4. The topological polar surface area (TPSA) is 80.2 Å². The molecule has 1 aromatic rings. The van der Waals surface area contributed by atoms with Crippen molar-refractivity contribution in [1.82, 2.24) is 9.97 Å². The number of carboxylic acids is 1. The predicted molar refractivity (Wildman–Crippen MR) is 67.7 cm³/mol. The van der Waals surface area contributed by atoms with Crippen molar-refractivity contribution < 1.29 is 14.1 Å². The molecule has 1 aliphatic carbocycles. The smallest absolute Gasteiger partial charge is 0.339 e. The van der Waals surface area contributed by atoms with E-state index in [-0.39, 0.29) is 11.3 Å². The van der Waals surface area contributed by atoms with Crippen molar-refractivity contribution in [3.8, 4) is 0 Å². The van der Waals surface area contributed by atoms with Crippen LogP contribution in [0, 0.1) is 5.92 Å². The van der Waals surface area contributed by atoms with Gasteiger partial charge >= 0.3 is 5.97 Å². The molecule has 0 saturated heterocycles. The van der Waals surface area contributed by atoms with Gasteiger partial charge in [-0.2, -0.15) is 0 Å². The van der Waals surface area contributed by atoms with Gasteiger partial charge in [-0.3, -0.25) is 4.21 Å². The first-order valence-electron chi connectivity index (χ1n) is 6.04. The number of rotatable bonds is 5. The Balaban J connectivity index is 2.00. The Morgan fingerprint density at radius 1 is 1.44 bits per heavy atom. The second kappa shape index (κ2) is 6.04. The normalized spacial score (nSPS) is 17.8. The number of carboxylic acid groups (broad SMARTS) is 1. The van der Waals surface area contributed by atoms with E-state index < -0.39 is 16.8 Å². The fourth-order valence-corrected chi connectivity index (χ4v) is 3.81. The molecular weight excluding hydrogens is 252 g/mol. The summed E-state index contributed by atoms with van der Waals surface area (Å²) in [5.74, 6) is 0.327. The fraction of sp³-hybridized carbons (Fsp3) is 0.583. The second-order valence-electron chi connectivity index (χ2n) is 4.59. The molecular formula is C12H16N2O3S. The van der Waals surface area contributed by atoms with E-state index in [9.17, 15) is 9.00 Å². The van der Waals surface area contributed by atoms with Gasteiger partial charge < -0.3 is 5.11 Å². The molecule has 5 nitrogen and oxygen atoms in total. The van der Waals surface area contributed by atoms with Gasteiger partial charge in [-0.1, -0.05) is 12.8 Å². The maximum Gasteiger partial charge on any atom is 0.339 e. The summed E-state index contributed by atoms with van der Waals surface area (Å²) < 4.78 is 12.0. The maximum atomic E-state index is 12.0. The Labute approximate surface area is 108 Å². The van der Waals surface area contributed by atoms with Crippen molar-refractivity contribution in [3.05, 3.63) is 23.8 Å². The van der Waals surface area contributed by atoms with Gasteiger partial charge in [0.25, 0.3) is 0 Å². The van der Waals surface area contributed by atoms with Gasteiger partial charge in [0, 0.05) is 22.7 Å². The fourth-order valence-electron chi connectivity index (χ4n) is 2.30. The molecule has 0 bridgehead atoms. The van der Waals surface area contributed by atoms with Crippen LogP contribution in [0.15, 0.2) is 12.5 Å². The lowest BCUT2D eigenvalue weighted by molar-refractivity contribution is 0.0695. The number of carbonyl (C=O) groups is 1. The minimum absolute atomic E-state index is 0.0530. The monoisotopic (exact) mass is 268 g/mol. The van der Waals surface area contributed by atoms with Crippen LogP contribution < -0.4 is 0 Å². The Bertz CT molecular complexity index is 458. The molecule has 0 aliphatic heterocycles. The molecule has 6 heteroatoms. The van der Waals surface area contributed by atoms with Crippen LogP contribution >= 0.6 is 0 Å². The number of nitrogens with zero attached hydrogens (tertiary/aromatic N) is 2. The summed E-state index contributed by atoms with van der Waals surface area (Å²) in [5, 5.41) is 8.98. The molecule has 0 spiro atoms. The Hall–Kier alpha value is -1.30. The third-order valence-corrected chi connectivity index (χ3v) is 4.66. The number of hydrogen-bond donors (Lipinski definition) is 1. The summed E-state index contributed by atoms with van der Waals surface area (Å²) in [6, 6.07) is 0. The molecule has 1 aromatic heterocycles. The second-order valence-corrected chi connectivity index (χ2v) is 6.09. The standard InChI is InChI=1S/C12H16N2O3S/c15-12(16)10-5-13-8-14-11(10)7-18(17)6-9-3-1-2-4-9/h5,8-9H,1-4,6-7H2,(H,15,16). The summed E-state index contributed by atoms with van der Waals surface area (Å²) in [7, 11) is -1.04. The van der Waals surface area contributed by atoms with Crippen LogP contribution in [-0.2, 0) is 16.6 Å². The number of aromatic nitrogens is 2. The van der Waals surface area contributed by atoms with Crippen LogP contribution in [0.3, 0.4) is 0 Å². The van der Waals surface area contributed by atoms with Gasteiger partial charge in [0.15, 0.2) is 0 Å². The van der Waals surface area contributed by atoms with Crippen LogP contribution in [0.25, 0.3) is 0 Å². The SMILES string of the molecule is O=C(O)c1cncnc1CS(=O)CC1CCCC1. The molecule has 1 N–H and O–H groups in total. The van der Waals surface area contributed by atoms with E-state index in [1.165, 1.54) is 25.4 Å². The molecule has 2 rings (SSSR count). The summed E-state index contributed by atoms with van der Waals surface area (Å²) in [6.45, 7) is 0. The summed E-state index contributed by atoms with van der Waals surface area (Å²) >= 11 is 0. The molecule has 0 aromatic carbocycles. The van der Waals surface area contributed by atoms with Crippen molar-refractivity contribution in [2.24, 2.45) is 5.92 Å². The van der Waals surface area contributed by atoms with Crippen LogP contribution in [-0.4, -0.2) is 31.0 Å². The zero-order valence-electron chi connectivity index (χ0n) is 10.0. The van der Waals surface area contributed by atoms with E-state index in [0.29, 0.717) is 17.4 Å². The van der Waals surface area contributed by atoms with E-state index in [1.807, 2.05) is 0 Å². The number of aromatic carboxylic acids is 1. The van der Waals surface area contributed by atoms with Gasteiger partial charge in [-0.05, 0) is 18.8 Å². The molecule has 0 radical (unpaired) electrons.